The van der Waals surface area contributed by atoms with E-state index in [0.717, 1.165) is 5.56 Å². The van der Waals surface area contributed by atoms with Crippen molar-refractivity contribution in [1.29, 1.82) is 0 Å². The minimum Gasteiger partial charge on any atom is -0.494 e. The van der Waals surface area contributed by atoms with Crippen LogP contribution in [-0.2, 0) is 4.74 Å². The van der Waals surface area contributed by atoms with Crippen molar-refractivity contribution in [3.63, 3.8) is 0 Å². The van der Waals surface area contributed by atoms with Crippen LogP contribution in [0.5, 0.6) is 0 Å². The average molecular weight is 165 g/mol. The monoisotopic (exact) mass is 165 g/mol. The largest absolute Gasteiger partial charge is 0.494 e. The van der Waals surface area contributed by atoms with E-state index in [0.29, 0.717) is 12.4 Å². The fourth-order valence-electron chi connectivity index (χ4n) is 0.842. The van der Waals surface area contributed by atoms with Gasteiger partial charge < -0.3 is 9.72 Å². The number of aromatic amines is 1. The molecule has 0 aliphatic heterocycles. The van der Waals surface area contributed by atoms with E-state index in [1.165, 1.54) is 6.07 Å². The maximum Gasteiger partial charge on any atom is 0.247 e. The summed E-state index contributed by atoms with van der Waals surface area (Å²) in [6.45, 7) is 6.17. The zero-order valence-electron chi connectivity index (χ0n) is 6.96. The second-order valence-electron chi connectivity index (χ2n) is 2.30. The van der Waals surface area contributed by atoms with Crippen LogP contribution in [0.2, 0.25) is 0 Å². The van der Waals surface area contributed by atoms with Crippen molar-refractivity contribution < 1.29 is 4.74 Å². The molecule has 0 bridgehead atoms. The summed E-state index contributed by atoms with van der Waals surface area (Å²) >= 11 is 0. The quantitative estimate of drug-likeness (QED) is 0.687. The molecule has 0 aliphatic rings. The molecule has 0 amide bonds. The Balaban J connectivity index is 2.82. The molecule has 0 saturated carbocycles. The zero-order valence-corrected chi connectivity index (χ0v) is 6.96. The van der Waals surface area contributed by atoms with E-state index in [4.69, 9.17) is 4.74 Å². The van der Waals surface area contributed by atoms with Gasteiger partial charge in [0.25, 0.3) is 0 Å². The Bertz CT molecular complexity index is 307. The van der Waals surface area contributed by atoms with Crippen molar-refractivity contribution in [2.75, 3.05) is 6.61 Å². The number of hydrogen-bond donors (Lipinski definition) is 1. The molecule has 0 saturated heterocycles. The minimum atomic E-state index is -0.122. The van der Waals surface area contributed by atoms with E-state index in [1.807, 2.05) is 6.92 Å². The third-order valence-electron chi connectivity index (χ3n) is 1.42. The molecule has 0 aromatic carbocycles. The summed E-state index contributed by atoms with van der Waals surface area (Å²) in [7, 11) is 0. The Morgan fingerprint density at radius 1 is 1.67 bits per heavy atom. The lowest BCUT2D eigenvalue weighted by Gasteiger charge is -2.04. The maximum atomic E-state index is 10.7. The van der Waals surface area contributed by atoms with Crippen molar-refractivity contribution in [2.45, 2.75) is 6.92 Å². The van der Waals surface area contributed by atoms with Gasteiger partial charge in [0.05, 0.1) is 6.61 Å². The Morgan fingerprint density at radius 3 is 2.92 bits per heavy atom. The molecule has 1 N–H and O–H groups in total. The summed E-state index contributed by atoms with van der Waals surface area (Å²) in [5.74, 6) is 0.578. The van der Waals surface area contributed by atoms with Gasteiger partial charge in [-0.05, 0) is 13.0 Å². The van der Waals surface area contributed by atoms with Crippen molar-refractivity contribution >= 4 is 5.76 Å². The van der Waals surface area contributed by atoms with Crippen LogP contribution in [-0.4, -0.2) is 11.6 Å². The predicted molar refractivity (Wildman–Crippen MR) is 47.7 cm³/mol. The standard InChI is InChI=1S/C9H11NO2/c1-3-12-7(2)8-4-5-9(11)10-6-8/h4-6H,2-3H2,1H3,(H,10,11). The van der Waals surface area contributed by atoms with Gasteiger partial charge in [-0.2, -0.15) is 0 Å². The molecule has 1 rings (SSSR count). The second kappa shape index (κ2) is 3.76. The maximum absolute atomic E-state index is 10.7. The first kappa shape index (κ1) is 8.59. The molecule has 3 heteroatoms. The van der Waals surface area contributed by atoms with Crippen molar-refractivity contribution in [2.24, 2.45) is 0 Å². The Hall–Kier alpha value is -1.51. The van der Waals surface area contributed by atoms with Crippen LogP contribution in [0.3, 0.4) is 0 Å². The lowest BCUT2D eigenvalue weighted by Crippen LogP contribution is -2.03. The topological polar surface area (TPSA) is 42.1 Å². The summed E-state index contributed by atoms with van der Waals surface area (Å²) in [5, 5.41) is 0. The van der Waals surface area contributed by atoms with Gasteiger partial charge in [-0.1, -0.05) is 6.58 Å². The molecule has 0 unspecified atom stereocenters. The molecule has 1 aromatic rings. The van der Waals surface area contributed by atoms with Crippen LogP contribution in [0.25, 0.3) is 5.76 Å². The first-order valence-corrected chi connectivity index (χ1v) is 3.75. The highest BCUT2D eigenvalue weighted by molar-refractivity contribution is 5.55. The smallest absolute Gasteiger partial charge is 0.247 e. The Labute approximate surface area is 70.7 Å². The van der Waals surface area contributed by atoms with Gasteiger partial charge in [-0.15, -0.1) is 0 Å². The number of nitrogens with one attached hydrogen (secondary N) is 1. The van der Waals surface area contributed by atoms with Gasteiger partial charge in [0.2, 0.25) is 5.56 Å². The van der Waals surface area contributed by atoms with Gasteiger partial charge in [0.15, 0.2) is 0 Å². The van der Waals surface area contributed by atoms with Gasteiger partial charge >= 0.3 is 0 Å². The summed E-state index contributed by atoms with van der Waals surface area (Å²) in [6.07, 6.45) is 1.58. The normalized spacial score (nSPS) is 9.42. The highest BCUT2D eigenvalue weighted by Crippen LogP contribution is 2.09. The average Bonchev–Trinajstić information content (AvgIpc) is 2.06. The van der Waals surface area contributed by atoms with E-state index in [9.17, 15) is 4.79 Å². The van der Waals surface area contributed by atoms with Crippen LogP contribution >= 0.6 is 0 Å². The summed E-state index contributed by atoms with van der Waals surface area (Å²) in [5.41, 5.74) is 0.680. The summed E-state index contributed by atoms with van der Waals surface area (Å²) in [6, 6.07) is 3.12. The lowest BCUT2D eigenvalue weighted by molar-refractivity contribution is 0.299. The van der Waals surface area contributed by atoms with E-state index in [2.05, 4.69) is 11.6 Å². The van der Waals surface area contributed by atoms with E-state index in [1.54, 1.807) is 12.3 Å². The second-order valence-corrected chi connectivity index (χ2v) is 2.30. The fraction of sp³-hybridized carbons (Fsp3) is 0.222. The number of pyridine rings is 1. The summed E-state index contributed by atoms with van der Waals surface area (Å²) in [4.78, 5) is 13.2. The number of ether oxygens (including phenoxy) is 1. The van der Waals surface area contributed by atoms with Gasteiger partial charge in [0, 0.05) is 17.8 Å². The van der Waals surface area contributed by atoms with E-state index >= 15 is 0 Å². The van der Waals surface area contributed by atoms with Crippen LogP contribution < -0.4 is 5.56 Å². The molecular weight excluding hydrogens is 154 g/mol. The molecule has 3 nitrogen and oxygen atoms in total. The molecule has 0 fully saturated rings. The number of hydrogen-bond acceptors (Lipinski definition) is 2. The number of aromatic nitrogens is 1. The minimum absolute atomic E-state index is 0.122. The lowest BCUT2D eigenvalue weighted by atomic mass is 10.2. The predicted octanol–water partition coefficient (Wildman–Crippen LogP) is 1.38. The van der Waals surface area contributed by atoms with Crippen LogP contribution in [0.1, 0.15) is 12.5 Å². The van der Waals surface area contributed by atoms with Crippen LogP contribution in [0, 0.1) is 0 Å². The first-order valence-electron chi connectivity index (χ1n) is 3.75. The van der Waals surface area contributed by atoms with Gasteiger partial charge in [-0.25, -0.2) is 0 Å². The zero-order chi connectivity index (χ0) is 8.97. The molecule has 0 atom stereocenters. The Morgan fingerprint density at radius 2 is 2.42 bits per heavy atom. The molecular formula is C9H11NO2. The number of H-pyrrole nitrogens is 1. The third kappa shape index (κ3) is 1.99. The van der Waals surface area contributed by atoms with E-state index in [-0.39, 0.29) is 5.56 Å². The molecule has 1 heterocycles. The van der Waals surface area contributed by atoms with Gasteiger partial charge in [0.1, 0.15) is 5.76 Å². The molecule has 1 aromatic heterocycles. The molecule has 0 radical (unpaired) electrons. The molecule has 12 heavy (non-hydrogen) atoms. The van der Waals surface area contributed by atoms with Crippen molar-refractivity contribution in [3.05, 3.63) is 40.8 Å². The van der Waals surface area contributed by atoms with Crippen LogP contribution in [0.15, 0.2) is 29.7 Å². The van der Waals surface area contributed by atoms with E-state index < -0.39 is 0 Å². The summed E-state index contributed by atoms with van der Waals surface area (Å²) < 4.78 is 5.15. The Kier molecular flexibility index (Phi) is 2.69. The third-order valence-corrected chi connectivity index (χ3v) is 1.42. The first-order chi connectivity index (χ1) is 5.74. The molecule has 0 aliphatic carbocycles. The highest BCUT2D eigenvalue weighted by atomic mass is 16.5. The molecule has 0 spiro atoms. The fourth-order valence-corrected chi connectivity index (χ4v) is 0.842. The van der Waals surface area contributed by atoms with Crippen LogP contribution in [0.4, 0.5) is 0 Å². The highest BCUT2D eigenvalue weighted by Gasteiger charge is 1.97. The molecule has 64 valence electrons. The van der Waals surface area contributed by atoms with Crippen molar-refractivity contribution in [3.8, 4) is 0 Å². The number of rotatable bonds is 3. The van der Waals surface area contributed by atoms with Crippen molar-refractivity contribution in [1.82, 2.24) is 4.98 Å². The SMILES string of the molecule is C=C(OCC)c1ccc(=O)[nH]c1. The van der Waals surface area contributed by atoms with Gasteiger partial charge in [-0.3, -0.25) is 4.79 Å².